The molecule has 2 saturated heterocycles. The van der Waals surface area contributed by atoms with Crippen molar-refractivity contribution >= 4 is 41.7 Å². The van der Waals surface area contributed by atoms with Gasteiger partial charge in [-0.2, -0.15) is 0 Å². The summed E-state index contributed by atoms with van der Waals surface area (Å²) < 4.78 is 53.5. The lowest BCUT2D eigenvalue weighted by atomic mass is 9.76. The van der Waals surface area contributed by atoms with Crippen molar-refractivity contribution in [2.75, 3.05) is 6.61 Å². The van der Waals surface area contributed by atoms with Crippen LogP contribution in [0.2, 0.25) is 0 Å². The third-order valence-electron chi connectivity index (χ3n) is 11.4. The Kier molecular flexibility index (Phi) is 18.1. The van der Waals surface area contributed by atoms with Crippen molar-refractivity contribution in [3.05, 3.63) is 0 Å². The molecule has 20 heteroatoms. The molecule has 0 radical (unpaired) electrons. The lowest BCUT2D eigenvalue weighted by Gasteiger charge is -2.49. The van der Waals surface area contributed by atoms with Crippen LogP contribution < -0.4 is 5.32 Å². The van der Waals surface area contributed by atoms with E-state index in [1.165, 1.54) is 13.8 Å². The molecule has 60 heavy (non-hydrogen) atoms. The van der Waals surface area contributed by atoms with E-state index in [0.717, 1.165) is 59.8 Å². The summed E-state index contributed by atoms with van der Waals surface area (Å²) in [6.07, 6.45) is -11.7. The van der Waals surface area contributed by atoms with Crippen molar-refractivity contribution in [1.82, 2.24) is 5.32 Å². The number of carbonyl (C=O) groups excluding carboxylic acids is 5. The predicted octanol–water partition coefficient (Wildman–Crippen LogP) is 1.78. The van der Waals surface area contributed by atoms with Crippen LogP contribution >= 0.6 is 0 Å². The number of esters is 4. The Bertz CT molecular complexity index is 1520. The van der Waals surface area contributed by atoms with Gasteiger partial charge in [-0.25, -0.2) is 4.79 Å². The Labute approximate surface area is 348 Å². The van der Waals surface area contributed by atoms with Gasteiger partial charge in [0.1, 0.15) is 31.0 Å². The Hall–Kier alpha value is -3.95. The van der Waals surface area contributed by atoms with Gasteiger partial charge >= 0.3 is 35.8 Å². The summed E-state index contributed by atoms with van der Waals surface area (Å²) in [4.78, 5) is 86.8. The van der Waals surface area contributed by atoms with Gasteiger partial charge in [-0.1, -0.05) is 45.4 Å². The minimum Gasteiger partial charge on any atom is -0.481 e. The molecule has 2 aliphatic carbocycles. The third kappa shape index (κ3) is 13.3. The van der Waals surface area contributed by atoms with E-state index in [4.69, 9.17) is 42.6 Å². The van der Waals surface area contributed by atoms with E-state index in [1.54, 1.807) is 6.92 Å². The minimum atomic E-state index is -1.66. The Morgan fingerprint density at radius 3 is 1.90 bits per heavy atom. The fourth-order valence-corrected chi connectivity index (χ4v) is 8.70. The lowest BCUT2D eigenvalue weighted by Crippen LogP contribution is -2.67. The van der Waals surface area contributed by atoms with E-state index in [2.05, 4.69) is 5.32 Å². The summed E-state index contributed by atoms with van der Waals surface area (Å²) in [5, 5.41) is 34.9. The van der Waals surface area contributed by atoms with E-state index >= 15 is 0 Å². The minimum absolute atomic E-state index is 0.0318. The van der Waals surface area contributed by atoms with Gasteiger partial charge in [0.05, 0.1) is 24.2 Å². The van der Waals surface area contributed by atoms with Crippen LogP contribution in [0.3, 0.4) is 0 Å². The molecule has 0 spiro atoms. The number of ether oxygens (including phenoxy) is 9. The number of aliphatic hydroxyl groups is 1. The lowest BCUT2D eigenvalue weighted by molar-refractivity contribution is -0.340. The van der Waals surface area contributed by atoms with Crippen LogP contribution in [0.4, 0.5) is 0 Å². The number of hydrogen-bond donors (Lipinski definition) is 4. The molecule has 340 valence electrons. The molecule has 20 nitrogen and oxygen atoms in total. The standard InChI is InChI=1S/C40H61NO19/c1-8-25-15-26(37(48)49)16-27(33(25)60-40-36(56-23(7)46)35(55-22(6)45)32(18(2)53-40)54-21(5)44)58-39-30(41-19(3)42)34(31(47)29(59-39)17-52-20(4)43)57-28(38(50)51)14-24-12-10-9-11-13-24/h18,24-36,39-40,47H,8-17H2,1-7H3,(H,41,42)(H,48,49)(H,50,51)/t18-,25?,26?,27+,28-,29-,30?,31-,32-,33+,34?,35?,36-,39+,40?/m0/s1. The molecule has 4 N–H and O–H groups in total. The number of carboxylic acid groups (broad SMARTS) is 2. The van der Waals surface area contributed by atoms with Crippen molar-refractivity contribution in [2.24, 2.45) is 17.8 Å². The number of nitrogens with one attached hydrogen (secondary N) is 1. The number of amides is 1. The van der Waals surface area contributed by atoms with Crippen molar-refractivity contribution in [3.8, 4) is 0 Å². The first-order valence-corrected chi connectivity index (χ1v) is 20.6. The monoisotopic (exact) mass is 859 g/mol. The highest BCUT2D eigenvalue weighted by molar-refractivity contribution is 5.74. The molecule has 4 fully saturated rings. The largest absolute Gasteiger partial charge is 0.481 e. The van der Waals surface area contributed by atoms with E-state index in [0.29, 0.717) is 6.42 Å². The molecule has 0 aromatic carbocycles. The SMILES string of the molecule is CCC1CC(C(=O)O)C[C@@H](O[C@@H]2O[C@@H](COC(C)=O)[C@H](O)C(O[C@@H](CC3CCCCC3)C(=O)O)C2NC(C)=O)[C@@H]1OC1O[C@@H](C)[C@H](OC(C)=O)C(OC(C)=O)[C@@H]1OC(C)=O. The zero-order chi connectivity index (χ0) is 44.4. The van der Waals surface area contributed by atoms with Crippen LogP contribution in [-0.4, -0.2) is 143 Å². The summed E-state index contributed by atoms with van der Waals surface area (Å²) in [6, 6.07) is -1.40. The molecule has 2 aliphatic heterocycles. The van der Waals surface area contributed by atoms with Gasteiger partial charge in [0.25, 0.3) is 0 Å². The first-order chi connectivity index (χ1) is 28.3. The predicted molar refractivity (Wildman–Crippen MR) is 201 cm³/mol. The molecule has 4 aliphatic rings. The van der Waals surface area contributed by atoms with Crippen molar-refractivity contribution in [3.63, 3.8) is 0 Å². The van der Waals surface area contributed by atoms with Crippen molar-refractivity contribution < 1.29 is 91.5 Å². The summed E-state index contributed by atoms with van der Waals surface area (Å²) in [5.41, 5.74) is 0. The highest BCUT2D eigenvalue weighted by Gasteiger charge is 2.55. The molecule has 1 amide bonds. The van der Waals surface area contributed by atoms with Crippen LogP contribution in [0.15, 0.2) is 0 Å². The second-order valence-corrected chi connectivity index (χ2v) is 16.1. The molecule has 15 atom stereocenters. The van der Waals surface area contributed by atoms with Crippen LogP contribution in [0.25, 0.3) is 0 Å². The fourth-order valence-electron chi connectivity index (χ4n) is 8.70. The zero-order valence-corrected chi connectivity index (χ0v) is 35.2. The fraction of sp³-hybridized carbons (Fsp3) is 0.825. The zero-order valence-electron chi connectivity index (χ0n) is 35.2. The second-order valence-electron chi connectivity index (χ2n) is 16.1. The van der Waals surface area contributed by atoms with Gasteiger partial charge in [-0.05, 0) is 38.0 Å². The molecule has 6 unspecified atom stereocenters. The summed E-state index contributed by atoms with van der Waals surface area (Å²) in [6.45, 7) is 8.47. The Morgan fingerprint density at radius 1 is 0.733 bits per heavy atom. The maximum atomic E-state index is 12.8. The number of hydrogen-bond acceptors (Lipinski definition) is 17. The first kappa shape index (κ1) is 48.7. The van der Waals surface area contributed by atoms with Crippen molar-refractivity contribution in [2.45, 2.75) is 186 Å². The molecule has 2 heterocycles. The van der Waals surface area contributed by atoms with Gasteiger partial charge < -0.3 is 63.3 Å². The quantitative estimate of drug-likeness (QED) is 0.120. The molecule has 0 aromatic rings. The number of aliphatic carboxylic acids is 2. The number of carboxylic acids is 2. The molecule has 2 saturated carbocycles. The summed E-state index contributed by atoms with van der Waals surface area (Å²) >= 11 is 0. The van der Waals surface area contributed by atoms with E-state index in [1.807, 2.05) is 0 Å². The topological polar surface area (TPSA) is 275 Å². The second kappa shape index (κ2) is 22.2. The molecule has 0 bridgehead atoms. The normalized spacial score (nSPS) is 35.3. The van der Waals surface area contributed by atoms with E-state index in [9.17, 15) is 48.9 Å². The maximum absolute atomic E-state index is 12.8. The number of aliphatic hydroxyl groups excluding tert-OH is 1. The van der Waals surface area contributed by atoms with Gasteiger partial charge in [0, 0.05) is 34.6 Å². The average Bonchev–Trinajstić information content (AvgIpc) is 3.16. The summed E-state index contributed by atoms with van der Waals surface area (Å²) in [5.74, 6) is -7.65. The van der Waals surface area contributed by atoms with Crippen LogP contribution in [-0.2, 0) is 76.2 Å². The molecule has 0 aromatic heterocycles. The third-order valence-corrected chi connectivity index (χ3v) is 11.4. The molecular formula is C40H61NO19. The highest BCUT2D eigenvalue weighted by atomic mass is 16.8. The van der Waals surface area contributed by atoms with Crippen LogP contribution in [0, 0.1) is 17.8 Å². The van der Waals surface area contributed by atoms with Crippen molar-refractivity contribution in [1.29, 1.82) is 0 Å². The van der Waals surface area contributed by atoms with Gasteiger partial charge in [-0.3, -0.25) is 28.8 Å². The Balaban J connectivity index is 1.76. The van der Waals surface area contributed by atoms with Gasteiger partial charge in [0.15, 0.2) is 37.0 Å². The first-order valence-electron chi connectivity index (χ1n) is 20.6. The average molecular weight is 860 g/mol. The van der Waals surface area contributed by atoms with Gasteiger partial charge in [0.2, 0.25) is 5.91 Å². The molecule has 4 rings (SSSR count). The molecular weight excluding hydrogens is 798 g/mol. The van der Waals surface area contributed by atoms with E-state index < -0.39 is 140 Å². The number of rotatable bonds is 17. The maximum Gasteiger partial charge on any atom is 0.332 e. The smallest absolute Gasteiger partial charge is 0.332 e. The van der Waals surface area contributed by atoms with Crippen LogP contribution in [0.1, 0.15) is 106 Å². The van der Waals surface area contributed by atoms with E-state index in [-0.39, 0.29) is 25.2 Å². The highest BCUT2D eigenvalue weighted by Crippen LogP contribution is 2.41. The van der Waals surface area contributed by atoms with Gasteiger partial charge in [-0.15, -0.1) is 0 Å². The van der Waals surface area contributed by atoms with Crippen LogP contribution in [0.5, 0.6) is 0 Å². The summed E-state index contributed by atoms with van der Waals surface area (Å²) in [7, 11) is 0. The number of carbonyl (C=O) groups is 7. The Morgan fingerprint density at radius 2 is 1.35 bits per heavy atom.